The molecule has 0 saturated carbocycles. The highest BCUT2D eigenvalue weighted by molar-refractivity contribution is 5.64. The number of carbonyl (C=O) groups is 1. The number of methoxy groups -OCH3 is 2. The summed E-state index contributed by atoms with van der Waals surface area (Å²) >= 11 is 0. The van der Waals surface area contributed by atoms with E-state index in [1.807, 2.05) is 6.07 Å². The van der Waals surface area contributed by atoms with Crippen LogP contribution in [0, 0.1) is 0 Å². The molecule has 1 aliphatic rings. The molecule has 0 radical (unpaired) electrons. The molecule has 0 amide bonds. The van der Waals surface area contributed by atoms with Gasteiger partial charge in [-0.05, 0) is 23.3 Å². The average molecular weight is 208 g/mol. The average Bonchev–Trinajstić information content (AvgIpc) is 2.68. The van der Waals surface area contributed by atoms with Gasteiger partial charge in [-0.15, -0.1) is 0 Å². The zero-order chi connectivity index (χ0) is 10.8. The maximum atomic E-state index is 10.7. The first-order valence-electron chi connectivity index (χ1n) is 4.62. The molecule has 0 aliphatic carbocycles. The predicted molar refractivity (Wildman–Crippen MR) is 53.1 cm³/mol. The molecule has 1 atom stereocenters. The van der Waals surface area contributed by atoms with Crippen LogP contribution in [0.25, 0.3) is 0 Å². The zero-order valence-corrected chi connectivity index (χ0v) is 8.65. The number of fused-ring (bicyclic) bond motifs is 1. The van der Waals surface area contributed by atoms with E-state index in [1.165, 1.54) is 0 Å². The van der Waals surface area contributed by atoms with E-state index in [1.54, 1.807) is 20.3 Å². The van der Waals surface area contributed by atoms with Crippen molar-refractivity contribution < 1.29 is 19.0 Å². The van der Waals surface area contributed by atoms with Crippen molar-refractivity contribution in [1.29, 1.82) is 0 Å². The van der Waals surface area contributed by atoms with Gasteiger partial charge in [0, 0.05) is 0 Å². The highest BCUT2D eigenvalue weighted by Gasteiger charge is 2.25. The first-order valence-corrected chi connectivity index (χ1v) is 4.62. The second-order valence-corrected chi connectivity index (χ2v) is 3.27. The van der Waals surface area contributed by atoms with Crippen molar-refractivity contribution in [1.82, 2.24) is 0 Å². The molecular weight excluding hydrogens is 196 g/mol. The molecule has 1 aromatic rings. The highest BCUT2D eigenvalue weighted by Crippen LogP contribution is 2.37. The lowest BCUT2D eigenvalue weighted by molar-refractivity contribution is -0.117. The van der Waals surface area contributed by atoms with Gasteiger partial charge in [-0.25, -0.2) is 0 Å². The molecule has 1 aromatic carbocycles. The van der Waals surface area contributed by atoms with Crippen LogP contribution in [0.5, 0.6) is 11.5 Å². The Bertz CT molecular complexity index is 386. The normalized spacial score (nSPS) is 18.4. The second-order valence-electron chi connectivity index (χ2n) is 3.27. The van der Waals surface area contributed by atoms with Crippen LogP contribution >= 0.6 is 0 Å². The van der Waals surface area contributed by atoms with Gasteiger partial charge in [0.05, 0.1) is 20.8 Å². The van der Waals surface area contributed by atoms with Crippen molar-refractivity contribution in [2.75, 3.05) is 14.2 Å². The fourth-order valence-corrected chi connectivity index (χ4v) is 1.71. The van der Waals surface area contributed by atoms with Crippen LogP contribution < -0.4 is 9.47 Å². The minimum Gasteiger partial charge on any atom is -0.493 e. The lowest BCUT2D eigenvalue weighted by atomic mass is 10.1. The first kappa shape index (κ1) is 9.98. The lowest BCUT2D eigenvalue weighted by Gasteiger charge is -2.10. The highest BCUT2D eigenvalue weighted by atomic mass is 16.5. The van der Waals surface area contributed by atoms with Crippen molar-refractivity contribution in [3.05, 3.63) is 23.3 Å². The fourth-order valence-electron chi connectivity index (χ4n) is 1.71. The molecule has 80 valence electrons. The van der Waals surface area contributed by atoms with Crippen molar-refractivity contribution in [2.45, 2.75) is 12.7 Å². The smallest absolute Gasteiger partial charge is 0.161 e. The standard InChI is InChI=1S/C11H12O4/c1-13-9-3-7-6-15-11(5-12)8(7)4-10(9)14-2/h3-5,11H,6H2,1-2H3. The Morgan fingerprint density at radius 1 is 1.33 bits per heavy atom. The summed E-state index contributed by atoms with van der Waals surface area (Å²) in [6.07, 6.45) is 0.317. The van der Waals surface area contributed by atoms with Gasteiger partial charge in [0.15, 0.2) is 17.8 Å². The summed E-state index contributed by atoms with van der Waals surface area (Å²) in [5.74, 6) is 1.28. The molecule has 4 heteroatoms. The molecule has 1 aliphatic heterocycles. The van der Waals surface area contributed by atoms with Crippen LogP contribution in [-0.2, 0) is 16.1 Å². The Kier molecular flexibility index (Phi) is 2.60. The van der Waals surface area contributed by atoms with Gasteiger partial charge >= 0.3 is 0 Å². The van der Waals surface area contributed by atoms with E-state index in [-0.39, 0.29) is 0 Å². The molecule has 0 bridgehead atoms. The molecule has 1 heterocycles. The second kappa shape index (κ2) is 3.90. The van der Waals surface area contributed by atoms with E-state index < -0.39 is 6.10 Å². The third-order valence-corrected chi connectivity index (χ3v) is 2.49. The molecule has 0 N–H and O–H groups in total. The molecule has 0 fully saturated rings. The summed E-state index contributed by atoms with van der Waals surface area (Å²) in [6.45, 7) is 0.444. The lowest BCUT2D eigenvalue weighted by Crippen LogP contribution is -1.98. The fraction of sp³-hybridized carbons (Fsp3) is 0.364. The number of aldehydes is 1. The quantitative estimate of drug-likeness (QED) is 0.706. The number of hydrogen-bond donors (Lipinski definition) is 0. The van der Waals surface area contributed by atoms with Crippen molar-refractivity contribution in [3.63, 3.8) is 0 Å². The largest absolute Gasteiger partial charge is 0.493 e. The van der Waals surface area contributed by atoms with Crippen LogP contribution in [0.2, 0.25) is 0 Å². The van der Waals surface area contributed by atoms with Gasteiger partial charge in [-0.3, -0.25) is 0 Å². The van der Waals surface area contributed by atoms with Gasteiger partial charge in [-0.2, -0.15) is 0 Å². The summed E-state index contributed by atoms with van der Waals surface area (Å²) in [6, 6.07) is 3.64. The number of carbonyl (C=O) groups excluding carboxylic acids is 1. The number of rotatable bonds is 3. The zero-order valence-electron chi connectivity index (χ0n) is 8.65. The SMILES string of the molecule is COc1cc2c(cc1OC)C(C=O)OC2. The van der Waals surface area contributed by atoms with Crippen LogP contribution in [0.15, 0.2) is 12.1 Å². The van der Waals surface area contributed by atoms with E-state index in [0.717, 1.165) is 17.4 Å². The van der Waals surface area contributed by atoms with E-state index in [4.69, 9.17) is 14.2 Å². The molecule has 15 heavy (non-hydrogen) atoms. The van der Waals surface area contributed by atoms with Gasteiger partial charge in [0.25, 0.3) is 0 Å². The maximum Gasteiger partial charge on any atom is 0.161 e. The Hall–Kier alpha value is -1.55. The van der Waals surface area contributed by atoms with Crippen LogP contribution in [0.4, 0.5) is 0 Å². The van der Waals surface area contributed by atoms with Gasteiger partial charge in [0.2, 0.25) is 0 Å². The molecular formula is C11H12O4. The third kappa shape index (κ3) is 1.57. The Morgan fingerprint density at radius 3 is 2.60 bits per heavy atom. The van der Waals surface area contributed by atoms with Crippen LogP contribution in [-0.4, -0.2) is 20.5 Å². The third-order valence-electron chi connectivity index (χ3n) is 2.49. The summed E-state index contributed by atoms with van der Waals surface area (Å²) in [7, 11) is 3.15. The molecule has 2 rings (SSSR count). The van der Waals surface area contributed by atoms with E-state index >= 15 is 0 Å². The summed E-state index contributed by atoms with van der Waals surface area (Å²) in [4.78, 5) is 10.7. The molecule has 4 nitrogen and oxygen atoms in total. The van der Waals surface area contributed by atoms with Crippen molar-refractivity contribution in [3.8, 4) is 11.5 Å². The van der Waals surface area contributed by atoms with Gasteiger partial charge in [-0.1, -0.05) is 0 Å². The maximum absolute atomic E-state index is 10.7. The first-order chi connectivity index (χ1) is 7.30. The van der Waals surface area contributed by atoms with E-state index in [9.17, 15) is 4.79 Å². The van der Waals surface area contributed by atoms with Gasteiger partial charge in [0.1, 0.15) is 6.10 Å². The Labute approximate surface area is 87.8 Å². The van der Waals surface area contributed by atoms with Crippen LogP contribution in [0.3, 0.4) is 0 Å². The number of benzene rings is 1. The minimum absolute atomic E-state index is 0.444. The Morgan fingerprint density at radius 2 is 2.00 bits per heavy atom. The van der Waals surface area contributed by atoms with Crippen LogP contribution in [0.1, 0.15) is 17.2 Å². The van der Waals surface area contributed by atoms with Crippen molar-refractivity contribution in [2.24, 2.45) is 0 Å². The molecule has 0 aromatic heterocycles. The molecule has 0 saturated heterocycles. The summed E-state index contributed by atoms with van der Waals surface area (Å²) in [5, 5.41) is 0. The predicted octanol–water partition coefficient (Wildman–Crippen LogP) is 1.47. The molecule has 0 spiro atoms. The van der Waals surface area contributed by atoms with E-state index in [0.29, 0.717) is 18.1 Å². The van der Waals surface area contributed by atoms with Gasteiger partial charge < -0.3 is 19.0 Å². The topological polar surface area (TPSA) is 44.8 Å². The molecule has 1 unspecified atom stereocenters. The monoisotopic (exact) mass is 208 g/mol. The Balaban J connectivity index is 2.48. The summed E-state index contributed by atoms with van der Waals surface area (Å²) < 4.78 is 15.6. The van der Waals surface area contributed by atoms with E-state index in [2.05, 4.69) is 0 Å². The minimum atomic E-state index is -0.472. The summed E-state index contributed by atoms with van der Waals surface area (Å²) in [5.41, 5.74) is 1.84. The number of hydrogen-bond acceptors (Lipinski definition) is 4. The van der Waals surface area contributed by atoms with Crippen molar-refractivity contribution >= 4 is 6.29 Å². The number of ether oxygens (including phenoxy) is 3.